The summed E-state index contributed by atoms with van der Waals surface area (Å²) in [6.45, 7) is 0. The zero-order valence-electron chi connectivity index (χ0n) is 9.15. The van der Waals surface area contributed by atoms with E-state index in [0.29, 0.717) is 16.3 Å². The fourth-order valence-electron chi connectivity index (χ4n) is 1.45. The molecule has 2 rings (SSSR count). The van der Waals surface area contributed by atoms with Gasteiger partial charge in [0, 0.05) is 10.7 Å². The van der Waals surface area contributed by atoms with Gasteiger partial charge in [0.05, 0.1) is 5.56 Å². The molecule has 0 amide bonds. The molecule has 0 saturated heterocycles. The molecule has 0 aromatic heterocycles. The number of rotatable bonds is 2. The average molecular weight is 282 g/mol. The minimum atomic E-state index is -0.363. The van der Waals surface area contributed by atoms with Crippen molar-refractivity contribution < 1.29 is 9.50 Å². The smallest absolute Gasteiger partial charge is 0.125 e. The van der Waals surface area contributed by atoms with Gasteiger partial charge in [-0.1, -0.05) is 29.9 Å². The molecule has 2 aromatic carbocycles. The van der Waals surface area contributed by atoms with Crippen LogP contribution in [-0.2, 0) is 0 Å². The summed E-state index contributed by atoms with van der Waals surface area (Å²) >= 11 is 11.0. The molecule has 0 bridgehead atoms. The number of thiocarbonyl (C=S) groups is 1. The number of phenols is 1. The minimum absolute atomic E-state index is 0.0216. The van der Waals surface area contributed by atoms with Crippen LogP contribution in [0.3, 0.4) is 0 Å². The molecule has 0 spiro atoms. The molecule has 0 aliphatic carbocycles. The van der Waals surface area contributed by atoms with Crippen LogP contribution < -0.4 is 5.32 Å². The van der Waals surface area contributed by atoms with Crippen molar-refractivity contribution in [3.63, 3.8) is 0 Å². The summed E-state index contributed by atoms with van der Waals surface area (Å²) in [5.74, 6) is -0.341. The van der Waals surface area contributed by atoms with Crippen molar-refractivity contribution >= 4 is 34.5 Å². The van der Waals surface area contributed by atoms with E-state index in [2.05, 4.69) is 5.32 Å². The van der Waals surface area contributed by atoms with E-state index in [-0.39, 0.29) is 16.6 Å². The Bertz CT molecular complexity index is 603. The Morgan fingerprint density at radius 2 is 2.00 bits per heavy atom. The first-order chi connectivity index (χ1) is 8.56. The molecule has 0 saturated carbocycles. The topological polar surface area (TPSA) is 32.3 Å². The van der Waals surface area contributed by atoms with Gasteiger partial charge in [-0.15, -0.1) is 0 Å². The Hall–Kier alpha value is -1.65. The number of hydrogen-bond acceptors (Lipinski definition) is 2. The van der Waals surface area contributed by atoms with Gasteiger partial charge in [0.25, 0.3) is 0 Å². The largest absolute Gasteiger partial charge is 0.507 e. The van der Waals surface area contributed by atoms with Crippen LogP contribution in [0.5, 0.6) is 5.75 Å². The van der Waals surface area contributed by atoms with E-state index < -0.39 is 0 Å². The van der Waals surface area contributed by atoms with Gasteiger partial charge in [0.1, 0.15) is 16.6 Å². The summed E-state index contributed by atoms with van der Waals surface area (Å²) in [4.78, 5) is 0.278. The third-order valence-electron chi connectivity index (χ3n) is 2.29. The Labute approximate surface area is 114 Å². The van der Waals surface area contributed by atoms with E-state index in [0.717, 1.165) is 0 Å². The number of anilines is 1. The lowest BCUT2D eigenvalue weighted by atomic mass is 10.2. The quantitative estimate of drug-likeness (QED) is 0.817. The maximum Gasteiger partial charge on any atom is 0.125 e. The highest BCUT2D eigenvalue weighted by atomic mass is 35.5. The molecule has 0 fully saturated rings. The van der Waals surface area contributed by atoms with E-state index in [1.807, 2.05) is 0 Å². The lowest BCUT2D eigenvalue weighted by Gasteiger charge is -2.10. The van der Waals surface area contributed by atoms with Crippen LogP contribution in [0.4, 0.5) is 10.1 Å². The zero-order valence-corrected chi connectivity index (χ0v) is 10.7. The van der Waals surface area contributed by atoms with Gasteiger partial charge in [0.2, 0.25) is 0 Å². The second-order valence-corrected chi connectivity index (χ2v) is 4.47. The van der Waals surface area contributed by atoms with Crippen LogP contribution in [0, 0.1) is 5.82 Å². The summed E-state index contributed by atoms with van der Waals surface area (Å²) in [5, 5.41) is 13.0. The predicted molar refractivity (Wildman–Crippen MR) is 74.8 cm³/mol. The third-order valence-corrected chi connectivity index (χ3v) is 2.84. The maximum absolute atomic E-state index is 13.0. The van der Waals surface area contributed by atoms with Gasteiger partial charge in [-0.25, -0.2) is 4.39 Å². The Balaban J connectivity index is 2.24. The zero-order chi connectivity index (χ0) is 13.1. The summed E-state index contributed by atoms with van der Waals surface area (Å²) in [6.07, 6.45) is 0. The molecule has 0 radical (unpaired) electrons. The Morgan fingerprint density at radius 3 is 2.72 bits per heavy atom. The molecule has 0 heterocycles. The number of aromatic hydroxyl groups is 1. The number of nitrogens with one attached hydrogen (secondary N) is 1. The van der Waals surface area contributed by atoms with E-state index in [1.54, 1.807) is 24.3 Å². The molecule has 2 nitrogen and oxygen atoms in total. The monoisotopic (exact) mass is 281 g/mol. The normalized spacial score (nSPS) is 10.1. The second kappa shape index (κ2) is 5.33. The molecule has 0 unspecified atom stereocenters. The first-order valence-electron chi connectivity index (χ1n) is 5.12. The van der Waals surface area contributed by atoms with Crippen LogP contribution in [0.25, 0.3) is 0 Å². The predicted octanol–water partition coefficient (Wildman–Crippen LogP) is 3.97. The molecule has 5 heteroatoms. The first-order valence-corrected chi connectivity index (χ1v) is 5.90. The average Bonchev–Trinajstić information content (AvgIpc) is 2.32. The third kappa shape index (κ3) is 2.97. The van der Waals surface area contributed by atoms with E-state index in [4.69, 9.17) is 23.8 Å². The van der Waals surface area contributed by atoms with Crippen molar-refractivity contribution in [2.75, 3.05) is 5.32 Å². The maximum atomic E-state index is 13.0. The fourth-order valence-corrected chi connectivity index (χ4v) is 1.91. The molecular weight excluding hydrogens is 273 g/mol. The molecule has 0 aliphatic heterocycles. The highest BCUT2D eigenvalue weighted by Crippen LogP contribution is 2.23. The second-order valence-electron chi connectivity index (χ2n) is 3.63. The number of phenolic OH excluding ortho intramolecular Hbond substituents is 1. The SMILES string of the molecule is Oc1ccc(Cl)cc1C(=S)Nc1cccc(F)c1. The molecule has 18 heavy (non-hydrogen) atoms. The van der Waals surface area contributed by atoms with Gasteiger partial charge < -0.3 is 10.4 Å². The van der Waals surface area contributed by atoms with Crippen LogP contribution in [0.15, 0.2) is 42.5 Å². The number of benzene rings is 2. The molecule has 2 aromatic rings. The van der Waals surface area contributed by atoms with Gasteiger partial charge >= 0.3 is 0 Å². The van der Waals surface area contributed by atoms with E-state index in [1.165, 1.54) is 18.2 Å². The summed E-state index contributed by atoms with van der Waals surface area (Å²) in [5.41, 5.74) is 0.918. The van der Waals surface area contributed by atoms with Gasteiger partial charge in [-0.05, 0) is 36.4 Å². The summed E-state index contributed by atoms with van der Waals surface area (Å²) < 4.78 is 13.0. The van der Waals surface area contributed by atoms with Crippen LogP contribution in [-0.4, -0.2) is 10.1 Å². The summed E-state index contributed by atoms with van der Waals surface area (Å²) in [6, 6.07) is 10.5. The van der Waals surface area contributed by atoms with E-state index in [9.17, 15) is 9.50 Å². The summed E-state index contributed by atoms with van der Waals surface area (Å²) in [7, 11) is 0. The lowest BCUT2D eigenvalue weighted by molar-refractivity contribution is 0.474. The minimum Gasteiger partial charge on any atom is -0.507 e. The van der Waals surface area contributed by atoms with Gasteiger partial charge in [-0.2, -0.15) is 0 Å². The highest BCUT2D eigenvalue weighted by molar-refractivity contribution is 7.81. The van der Waals surface area contributed by atoms with E-state index >= 15 is 0 Å². The van der Waals surface area contributed by atoms with Crippen LogP contribution >= 0.6 is 23.8 Å². The lowest BCUT2D eigenvalue weighted by Crippen LogP contribution is -2.10. The highest BCUT2D eigenvalue weighted by Gasteiger charge is 2.08. The Morgan fingerprint density at radius 1 is 1.22 bits per heavy atom. The molecule has 0 atom stereocenters. The van der Waals surface area contributed by atoms with Crippen molar-refractivity contribution in [2.45, 2.75) is 0 Å². The van der Waals surface area contributed by atoms with Crippen molar-refractivity contribution in [2.24, 2.45) is 0 Å². The van der Waals surface area contributed by atoms with Crippen LogP contribution in [0.2, 0.25) is 5.02 Å². The van der Waals surface area contributed by atoms with Crippen LogP contribution in [0.1, 0.15) is 5.56 Å². The van der Waals surface area contributed by atoms with Crippen molar-refractivity contribution in [3.8, 4) is 5.75 Å². The Kier molecular flexibility index (Phi) is 3.79. The molecule has 2 N–H and O–H groups in total. The number of hydrogen-bond donors (Lipinski definition) is 2. The first kappa shape index (κ1) is 12.8. The van der Waals surface area contributed by atoms with Crippen molar-refractivity contribution in [1.82, 2.24) is 0 Å². The standard InChI is InChI=1S/C13H9ClFNOS/c14-8-4-5-12(17)11(6-8)13(18)16-10-3-1-2-9(15)7-10/h1-7,17H,(H,16,18). The van der Waals surface area contributed by atoms with Gasteiger partial charge in [-0.3, -0.25) is 0 Å². The molecule has 0 aliphatic rings. The van der Waals surface area contributed by atoms with Gasteiger partial charge in [0.15, 0.2) is 0 Å². The van der Waals surface area contributed by atoms with Crippen molar-refractivity contribution in [3.05, 3.63) is 58.9 Å². The molecule has 92 valence electrons. The molecular formula is C13H9ClFNOS. The fraction of sp³-hybridized carbons (Fsp3) is 0. The van der Waals surface area contributed by atoms with Crippen molar-refractivity contribution in [1.29, 1.82) is 0 Å². The number of halogens is 2.